The third-order valence-electron chi connectivity index (χ3n) is 4.05. The summed E-state index contributed by atoms with van der Waals surface area (Å²) in [4.78, 5) is 11.6. The molecule has 0 saturated heterocycles. The van der Waals surface area contributed by atoms with Gasteiger partial charge in [-0.05, 0) is 24.5 Å². The predicted molar refractivity (Wildman–Crippen MR) is 102 cm³/mol. The number of aryl methyl sites for hydroxylation is 1. The van der Waals surface area contributed by atoms with Crippen molar-refractivity contribution in [1.82, 2.24) is 8.81 Å². The number of carbonyl (C=O) groups excluding carboxylic acids is 1. The number of nitrogens with one attached hydrogen (secondary N) is 1. The molecule has 0 saturated carbocycles. The molecule has 1 amide bonds. The Morgan fingerprint density at radius 1 is 1.08 bits per heavy atom. The summed E-state index contributed by atoms with van der Waals surface area (Å²) in [5.74, 6) is -0.902. The van der Waals surface area contributed by atoms with E-state index in [1.807, 2.05) is 30.3 Å². The second kappa shape index (κ2) is 7.49. The van der Waals surface area contributed by atoms with E-state index in [-0.39, 0.29) is 17.1 Å². The van der Waals surface area contributed by atoms with E-state index in [0.29, 0.717) is 17.3 Å². The largest absolute Gasteiger partial charge is 0.364 e. The average molecular weight is 392 g/mol. The topological polar surface area (TPSA) is 94.2 Å². The first-order valence-corrected chi connectivity index (χ1v) is 9.87. The molecule has 3 N–H and O–H groups in total. The van der Waals surface area contributed by atoms with E-state index in [0.717, 1.165) is 16.1 Å². The summed E-state index contributed by atoms with van der Waals surface area (Å²) in [6.45, 7) is 0.233. The SMILES string of the molecule is NC(=O)c1c(S(=O)(=O)NCCCc2ccccc2)c2ccccc2n1Cl. The maximum Gasteiger partial charge on any atom is 0.268 e. The van der Waals surface area contributed by atoms with E-state index in [9.17, 15) is 13.2 Å². The molecular formula is C18H18ClN3O3S. The summed E-state index contributed by atoms with van der Waals surface area (Å²) in [6.07, 6.45) is 1.36. The van der Waals surface area contributed by atoms with Gasteiger partial charge in [-0.15, -0.1) is 0 Å². The van der Waals surface area contributed by atoms with Crippen LogP contribution < -0.4 is 10.5 Å². The van der Waals surface area contributed by atoms with Crippen LogP contribution in [0.3, 0.4) is 0 Å². The molecule has 0 spiro atoms. The Kier molecular flexibility index (Phi) is 5.31. The van der Waals surface area contributed by atoms with Crippen molar-refractivity contribution in [1.29, 1.82) is 0 Å². The van der Waals surface area contributed by atoms with Crippen LogP contribution in [-0.2, 0) is 16.4 Å². The number of hydrogen-bond acceptors (Lipinski definition) is 3. The number of hydrogen-bond donors (Lipinski definition) is 2. The Morgan fingerprint density at radius 2 is 1.73 bits per heavy atom. The van der Waals surface area contributed by atoms with E-state index >= 15 is 0 Å². The Hall–Kier alpha value is -2.35. The highest BCUT2D eigenvalue weighted by Gasteiger charge is 2.29. The average Bonchev–Trinajstić information content (AvgIpc) is 2.94. The Balaban J connectivity index is 1.85. The van der Waals surface area contributed by atoms with Crippen molar-refractivity contribution in [2.24, 2.45) is 5.73 Å². The second-order valence-electron chi connectivity index (χ2n) is 5.83. The van der Waals surface area contributed by atoms with E-state index < -0.39 is 15.9 Å². The van der Waals surface area contributed by atoms with E-state index in [2.05, 4.69) is 4.72 Å². The fourth-order valence-corrected chi connectivity index (χ4v) is 4.70. The van der Waals surface area contributed by atoms with Gasteiger partial charge in [0.25, 0.3) is 5.91 Å². The molecule has 26 heavy (non-hydrogen) atoms. The number of para-hydroxylation sites is 1. The fourth-order valence-electron chi connectivity index (χ4n) is 2.87. The van der Waals surface area contributed by atoms with E-state index in [1.165, 1.54) is 0 Å². The molecule has 1 aromatic heterocycles. The van der Waals surface area contributed by atoms with Crippen LogP contribution in [-0.4, -0.2) is 25.0 Å². The maximum atomic E-state index is 12.8. The normalized spacial score (nSPS) is 11.7. The Labute approximate surface area is 156 Å². The summed E-state index contributed by atoms with van der Waals surface area (Å²) in [5, 5.41) is 0.354. The number of fused-ring (bicyclic) bond motifs is 1. The van der Waals surface area contributed by atoms with Crippen LogP contribution in [0.25, 0.3) is 10.9 Å². The van der Waals surface area contributed by atoms with E-state index in [1.54, 1.807) is 24.3 Å². The number of nitrogens with zero attached hydrogens (tertiary/aromatic N) is 1. The summed E-state index contributed by atoms with van der Waals surface area (Å²) in [6, 6.07) is 16.4. The van der Waals surface area contributed by atoms with Gasteiger partial charge >= 0.3 is 0 Å². The van der Waals surface area contributed by atoms with Gasteiger partial charge in [0.1, 0.15) is 10.6 Å². The maximum absolute atomic E-state index is 12.8. The monoisotopic (exact) mass is 391 g/mol. The van der Waals surface area contributed by atoms with Gasteiger partial charge in [0.05, 0.1) is 5.52 Å². The molecule has 3 rings (SSSR count). The van der Waals surface area contributed by atoms with Gasteiger partial charge in [-0.1, -0.05) is 48.5 Å². The lowest BCUT2D eigenvalue weighted by molar-refractivity contribution is 0.0992. The number of aromatic nitrogens is 1. The minimum Gasteiger partial charge on any atom is -0.364 e. The number of amides is 1. The van der Waals surface area contributed by atoms with Crippen LogP contribution in [0.2, 0.25) is 0 Å². The highest BCUT2D eigenvalue weighted by atomic mass is 35.5. The fraction of sp³-hybridized carbons (Fsp3) is 0.167. The zero-order chi connectivity index (χ0) is 18.7. The molecule has 0 aliphatic heterocycles. The highest BCUT2D eigenvalue weighted by Crippen LogP contribution is 2.30. The highest BCUT2D eigenvalue weighted by molar-refractivity contribution is 7.89. The van der Waals surface area contributed by atoms with Crippen molar-refractivity contribution in [2.75, 3.05) is 6.54 Å². The summed E-state index contributed by atoms with van der Waals surface area (Å²) in [5.41, 5.74) is 6.66. The van der Waals surface area contributed by atoms with Crippen molar-refractivity contribution in [3.63, 3.8) is 0 Å². The first-order chi connectivity index (χ1) is 12.4. The molecule has 0 fully saturated rings. The van der Waals surface area contributed by atoms with Crippen molar-refractivity contribution in [3.05, 3.63) is 65.9 Å². The summed E-state index contributed by atoms with van der Waals surface area (Å²) < 4.78 is 29.1. The molecular weight excluding hydrogens is 374 g/mol. The lowest BCUT2D eigenvalue weighted by Crippen LogP contribution is -2.28. The van der Waals surface area contributed by atoms with Crippen molar-refractivity contribution < 1.29 is 13.2 Å². The lowest BCUT2D eigenvalue weighted by Gasteiger charge is -2.08. The molecule has 0 aliphatic rings. The molecule has 136 valence electrons. The summed E-state index contributed by atoms with van der Waals surface area (Å²) in [7, 11) is -3.95. The number of sulfonamides is 1. The van der Waals surface area contributed by atoms with Crippen LogP contribution in [0.4, 0.5) is 0 Å². The number of halogens is 1. The number of carbonyl (C=O) groups is 1. The van der Waals surface area contributed by atoms with Crippen LogP contribution >= 0.6 is 11.8 Å². The molecule has 2 aromatic carbocycles. The minimum atomic E-state index is -3.95. The molecule has 6 nitrogen and oxygen atoms in total. The van der Waals surface area contributed by atoms with Gasteiger partial charge in [0, 0.05) is 23.7 Å². The first kappa shape index (κ1) is 18.4. The summed E-state index contributed by atoms with van der Waals surface area (Å²) >= 11 is 6.13. The standard InChI is InChI=1S/C18H18ClN3O3S/c19-22-15-11-5-4-10-14(15)17(16(22)18(20)23)26(24,25)21-12-6-9-13-7-2-1-3-8-13/h1-5,7-8,10-11,21H,6,9,12H2,(H2,20,23). The predicted octanol–water partition coefficient (Wildman–Crippen LogP) is 2.65. The number of benzene rings is 2. The molecule has 0 unspecified atom stereocenters. The minimum absolute atomic E-state index is 0.185. The smallest absolute Gasteiger partial charge is 0.268 e. The third kappa shape index (κ3) is 3.60. The Bertz CT molecular complexity index is 1050. The van der Waals surface area contributed by atoms with Crippen molar-refractivity contribution in [3.8, 4) is 0 Å². The van der Waals surface area contributed by atoms with Gasteiger partial charge in [-0.2, -0.15) is 0 Å². The van der Waals surface area contributed by atoms with Gasteiger partial charge in [0.15, 0.2) is 0 Å². The van der Waals surface area contributed by atoms with Gasteiger partial charge in [-0.25, -0.2) is 17.2 Å². The molecule has 8 heteroatoms. The number of primary amides is 1. The van der Waals surface area contributed by atoms with Gasteiger partial charge < -0.3 is 5.73 Å². The van der Waals surface area contributed by atoms with Crippen LogP contribution in [0.1, 0.15) is 22.5 Å². The number of rotatable bonds is 7. The van der Waals surface area contributed by atoms with Crippen LogP contribution in [0, 0.1) is 0 Å². The molecule has 1 heterocycles. The van der Waals surface area contributed by atoms with Crippen LogP contribution in [0.15, 0.2) is 59.5 Å². The molecule has 0 radical (unpaired) electrons. The third-order valence-corrected chi connectivity index (χ3v) is 5.94. The van der Waals surface area contributed by atoms with Gasteiger partial charge in [-0.3, -0.25) is 4.79 Å². The molecule has 0 atom stereocenters. The van der Waals surface area contributed by atoms with Crippen LogP contribution in [0.5, 0.6) is 0 Å². The van der Waals surface area contributed by atoms with Crippen molar-refractivity contribution in [2.45, 2.75) is 17.7 Å². The lowest BCUT2D eigenvalue weighted by atomic mass is 10.1. The molecule has 0 bridgehead atoms. The Morgan fingerprint density at radius 3 is 2.42 bits per heavy atom. The quantitative estimate of drug-likeness (QED) is 0.606. The molecule has 0 aliphatic carbocycles. The van der Waals surface area contributed by atoms with E-state index in [4.69, 9.17) is 17.5 Å². The zero-order valence-electron chi connectivity index (χ0n) is 13.9. The first-order valence-electron chi connectivity index (χ1n) is 8.05. The van der Waals surface area contributed by atoms with Crippen molar-refractivity contribution >= 4 is 38.6 Å². The second-order valence-corrected chi connectivity index (χ2v) is 7.87. The van der Waals surface area contributed by atoms with Gasteiger partial charge in [0.2, 0.25) is 10.0 Å². The molecule has 3 aromatic rings. The number of nitrogens with two attached hydrogens (primary N) is 1. The zero-order valence-corrected chi connectivity index (χ0v) is 15.4.